The minimum absolute atomic E-state index is 0.119. The molecular weight excluding hydrogens is 218 g/mol. The van der Waals surface area contributed by atoms with Crippen LogP contribution in [0.4, 0.5) is 0 Å². The first-order valence-corrected chi connectivity index (χ1v) is 6.53. The van der Waals surface area contributed by atoms with E-state index in [0.29, 0.717) is 6.54 Å². The van der Waals surface area contributed by atoms with E-state index in [0.717, 1.165) is 45.3 Å². The summed E-state index contributed by atoms with van der Waals surface area (Å²) in [7, 11) is 0. The third kappa shape index (κ3) is 1.92. The zero-order valence-electron chi connectivity index (χ0n) is 10.1. The van der Waals surface area contributed by atoms with Gasteiger partial charge in [-0.1, -0.05) is 0 Å². The van der Waals surface area contributed by atoms with Gasteiger partial charge in [-0.25, -0.2) is 0 Å². The minimum atomic E-state index is -0.288. The van der Waals surface area contributed by atoms with E-state index >= 15 is 0 Å². The van der Waals surface area contributed by atoms with Crippen molar-refractivity contribution < 1.29 is 9.59 Å². The number of hydrogen-bond donors (Lipinski definition) is 1. The Hall–Kier alpha value is -1.10. The van der Waals surface area contributed by atoms with Gasteiger partial charge >= 0.3 is 0 Å². The molecule has 17 heavy (non-hydrogen) atoms. The molecule has 1 saturated carbocycles. The van der Waals surface area contributed by atoms with Crippen molar-refractivity contribution in [1.82, 2.24) is 15.1 Å². The molecule has 5 heteroatoms. The molecule has 0 aromatic rings. The number of carbonyl (C=O) groups is 2. The number of likely N-dealkylation sites (tertiary alicyclic amines) is 1. The van der Waals surface area contributed by atoms with Crippen LogP contribution in [0.2, 0.25) is 0 Å². The van der Waals surface area contributed by atoms with Crippen molar-refractivity contribution in [2.24, 2.45) is 0 Å². The summed E-state index contributed by atoms with van der Waals surface area (Å²) in [5.74, 6) is 0.254. The first-order valence-electron chi connectivity index (χ1n) is 6.53. The van der Waals surface area contributed by atoms with Crippen molar-refractivity contribution >= 4 is 11.8 Å². The molecule has 0 aromatic carbocycles. The van der Waals surface area contributed by atoms with E-state index in [1.54, 1.807) is 4.90 Å². The first-order chi connectivity index (χ1) is 8.21. The summed E-state index contributed by atoms with van der Waals surface area (Å²) in [6.45, 7) is 3.50. The lowest BCUT2D eigenvalue weighted by Gasteiger charge is -2.33. The van der Waals surface area contributed by atoms with Gasteiger partial charge in [0.05, 0.1) is 12.1 Å². The van der Waals surface area contributed by atoms with Gasteiger partial charge in [0, 0.05) is 26.2 Å². The lowest BCUT2D eigenvalue weighted by molar-refractivity contribution is -0.143. The fourth-order valence-electron chi connectivity index (χ4n) is 2.81. The van der Waals surface area contributed by atoms with E-state index in [2.05, 4.69) is 5.32 Å². The SMILES string of the molecule is O=C(CN1CCNC2(CC2)C1=O)N1CCCC1. The summed E-state index contributed by atoms with van der Waals surface area (Å²) in [5, 5.41) is 3.28. The largest absolute Gasteiger partial charge is 0.341 e. The van der Waals surface area contributed by atoms with Crippen LogP contribution in [0.25, 0.3) is 0 Å². The van der Waals surface area contributed by atoms with E-state index in [4.69, 9.17) is 0 Å². The topological polar surface area (TPSA) is 52.7 Å². The van der Waals surface area contributed by atoms with Crippen molar-refractivity contribution in [3.63, 3.8) is 0 Å². The lowest BCUT2D eigenvalue weighted by atomic mass is 10.1. The number of rotatable bonds is 2. The average Bonchev–Trinajstić information content (AvgIpc) is 2.89. The molecule has 0 bridgehead atoms. The predicted molar refractivity (Wildman–Crippen MR) is 62.4 cm³/mol. The summed E-state index contributed by atoms with van der Waals surface area (Å²) in [4.78, 5) is 27.8. The standard InChI is InChI=1S/C12H19N3O2/c16-10(14-6-1-2-7-14)9-15-8-5-13-12(3-4-12)11(15)17/h13H,1-9H2. The fourth-order valence-corrected chi connectivity index (χ4v) is 2.81. The minimum Gasteiger partial charge on any atom is -0.341 e. The van der Waals surface area contributed by atoms with Crippen LogP contribution in [0.15, 0.2) is 0 Å². The van der Waals surface area contributed by atoms with Crippen LogP contribution in [0, 0.1) is 0 Å². The maximum Gasteiger partial charge on any atom is 0.243 e. The van der Waals surface area contributed by atoms with Gasteiger partial charge in [-0.15, -0.1) is 0 Å². The number of piperazine rings is 1. The van der Waals surface area contributed by atoms with Crippen LogP contribution in [-0.4, -0.2) is 59.9 Å². The van der Waals surface area contributed by atoms with Crippen molar-refractivity contribution in [3.05, 3.63) is 0 Å². The normalized spacial score (nSPS) is 26.7. The van der Waals surface area contributed by atoms with Crippen LogP contribution in [0.5, 0.6) is 0 Å². The monoisotopic (exact) mass is 237 g/mol. The van der Waals surface area contributed by atoms with Gasteiger partial charge in [-0.05, 0) is 25.7 Å². The number of nitrogens with zero attached hydrogens (tertiary/aromatic N) is 2. The highest BCUT2D eigenvalue weighted by Gasteiger charge is 2.53. The highest BCUT2D eigenvalue weighted by Crippen LogP contribution is 2.38. The quantitative estimate of drug-likeness (QED) is 0.709. The molecule has 1 aliphatic carbocycles. The molecule has 3 aliphatic rings. The lowest BCUT2D eigenvalue weighted by Crippen LogP contribution is -2.58. The zero-order valence-corrected chi connectivity index (χ0v) is 10.1. The Morgan fingerprint density at radius 1 is 1.24 bits per heavy atom. The van der Waals surface area contributed by atoms with E-state index in [1.165, 1.54) is 0 Å². The van der Waals surface area contributed by atoms with Crippen molar-refractivity contribution in [3.8, 4) is 0 Å². The van der Waals surface area contributed by atoms with Gasteiger partial charge in [0.2, 0.25) is 11.8 Å². The van der Waals surface area contributed by atoms with E-state index in [9.17, 15) is 9.59 Å². The Morgan fingerprint density at radius 3 is 2.59 bits per heavy atom. The highest BCUT2D eigenvalue weighted by atomic mass is 16.2. The number of nitrogens with one attached hydrogen (secondary N) is 1. The van der Waals surface area contributed by atoms with Crippen LogP contribution < -0.4 is 5.32 Å². The molecule has 2 amide bonds. The first kappa shape index (κ1) is 11.0. The van der Waals surface area contributed by atoms with Crippen LogP contribution in [0.3, 0.4) is 0 Å². The number of amides is 2. The maximum atomic E-state index is 12.2. The molecule has 2 heterocycles. The summed E-state index contributed by atoms with van der Waals surface area (Å²) in [6.07, 6.45) is 4.07. The van der Waals surface area contributed by atoms with Gasteiger partial charge in [0.15, 0.2) is 0 Å². The summed E-state index contributed by atoms with van der Waals surface area (Å²) in [5.41, 5.74) is -0.288. The van der Waals surface area contributed by atoms with Crippen molar-refractivity contribution in [2.75, 3.05) is 32.7 Å². The Morgan fingerprint density at radius 2 is 1.94 bits per heavy atom. The van der Waals surface area contributed by atoms with E-state index < -0.39 is 0 Å². The second-order valence-electron chi connectivity index (χ2n) is 5.32. The zero-order chi connectivity index (χ0) is 11.9. The van der Waals surface area contributed by atoms with Crippen molar-refractivity contribution in [2.45, 2.75) is 31.2 Å². The molecule has 0 unspecified atom stereocenters. The molecule has 2 saturated heterocycles. The Balaban J connectivity index is 1.60. The Bertz CT molecular complexity index is 346. The molecule has 1 N–H and O–H groups in total. The molecule has 5 nitrogen and oxygen atoms in total. The maximum absolute atomic E-state index is 12.2. The second kappa shape index (κ2) is 3.98. The van der Waals surface area contributed by atoms with Crippen LogP contribution in [0.1, 0.15) is 25.7 Å². The number of carbonyl (C=O) groups excluding carboxylic acids is 2. The Kier molecular flexibility index (Phi) is 2.58. The van der Waals surface area contributed by atoms with Crippen LogP contribution >= 0.6 is 0 Å². The molecule has 0 aromatic heterocycles. The molecule has 0 atom stereocenters. The molecular formula is C12H19N3O2. The fraction of sp³-hybridized carbons (Fsp3) is 0.833. The Labute approximate surface area is 101 Å². The molecule has 94 valence electrons. The number of hydrogen-bond acceptors (Lipinski definition) is 3. The third-order valence-electron chi connectivity index (χ3n) is 4.08. The summed E-state index contributed by atoms with van der Waals surface area (Å²) >= 11 is 0. The highest BCUT2D eigenvalue weighted by molar-refractivity contribution is 5.93. The van der Waals surface area contributed by atoms with Gasteiger partial charge < -0.3 is 15.1 Å². The smallest absolute Gasteiger partial charge is 0.243 e. The van der Waals surface area contributed by atoms with Crippen LogP contribution in [-0.2, 0) is 9.59 Å². The summed E-state index contributed by atoms with van der Waals surface area (Å²) in [6, 6.07) is 0. The van der Waals surface area contributed by atoms with E-state index in [1.807, 2.05) is 4.90 Å². The molecule has 3 rings (SSSR count). The van der Waals surface area contributed by atoms with Gasteiger partial charge in [-0.3, -0.25) is 9.59 Å². The average molecular weight is 237 g/mol. The van der Waals surface area contributed by atoms with Gasteiger partial charge in [0.25, 0.3) is 0 Å². The van der Waals surface area contributed by atoms with Gasteiger partial charge in [0.1, 0.15) is 0 Å². The molecule has 1 spiro atoms. The molecule has 2 aliphatic heterocycles. The van der Waals surface area contributed by atoms with E-state index in [-0.39, 0.29) is 23.9 Å². The van der Waals surface area contributed by atoms with Crippen molar-refractivity contribution in [1.29, 1.82) is 0 Å². The van der Waals surface area contributed by atoms with Gasteiger partial charge in [-0.2, -0.15) is 0 Å². The second-order valence-corrected chi connectivity index (χ2v) is 5.32. The summed E-state index contributed by atoms with van der Waals surface area (Å²) < 4.78 is 0. The predicted octanol–water partition coefficient (Wildman–Crippen LogP) is -0.427. The molecule has 3 fully saturated rings. The molecule has 0 radical (unpaired) electrons. The third-order valence-corrected chi connectivity index (χ3v) is 4.08.